The second-order valence-electron chi connectivity index (χ2n) is 3.40. The number of ether oxygens (including phenoxy) is 1. The number of carbonyl (C=O) groups excluding carboxylic acids is 1. The Bertz CT molecular complexity index is 471. The average molecular weight is 228 g/mol. The number of hydrogen-bond acceptors (Lipinski definition) is 3. The molecular weight excluding hydrogens is 216 g/mol. The van der Waals surface area contributed by atoms with E-state index in [4.69, 9.17) is 4.74 Å². The minimum absolute atomic E-state index is 0.290. The van der Waals surface area contributed by atoms with Crippen LogP contribution in [-0.4, -0.2) is 11.1 Å². The van der Waals surface area contributed by atoms with Crippen LogP contribution in [0.1, 0.15) is 5.56 Å². The summed E-state index contributed by atoms with van der Waals surface area (Å²) in [6, 6.07) is 14.8. The summed E-state index contributed by atoms with van der Waals surface area (Å²) in [6.45, 7) is 0.437. The fourth-order valence-corrected chi connectivity index (χ4v) is 1.31. The molecule has 4 nitrogen and oxygen atoms in total. The molecule has 1 aromatic heterocycles. The Morgan fingerprint density at radius 1 is 1.12 bits per heavy atom. The van der Waals surface area contributed by atoms with E-state index >= 15 is 0 Å². The maximum atomic E-state index is 11.4. The van der Waals surface area contributed by atoms with Gasteiger partial charge in [0.2, 0.25) is 5.88 Å². The third kappa shape index (κ3) is 3.61. The van der Waals surface area contributed by atoms with Gasteiger partial charge in [0.05, 0.1) is 0 Å². The van der Waals surface area contributed by atoms with Crippen LogP contribution in [0.3, 0.4) is 0 Å². The molecule has 0 aliphatic carbocycles. The fourth-order valence-electron chi connectivity index (χ4n) is 1.31. The van der Waals surface area contributed by atoms with Gasteiger partial charge in [-0.25, -0.2) is 9.78 Å². The van der Waals surface area contributed by atoms with Crippen molar-refractivity contribution in [3.8, 4) is 5.88 Å². The zero-order valence-electron chi connectivity index (χ0n) is 9.17. The van der Waals surface area contributed by atoms with E-state index in [0.29, 0.717) is 6.54 Å². The Morgan fingerprint density at radius 3 is 2.59 bits per heavy atom. The number of amides is 1. The minimum atomic E-state index is -0.507. The molecule has 1 N–H and O–H groups in total. The molecule has 17 heavy (non-hydrogen) atoms. The van der Waals surface area contributed by atoms with Crippen molar-refractivity contribution in [1.29, 1.82) is 0 Å². The summed E-state index contributed by atoms with van der Waals surface area (Å²) in [5.41, 5.74) is 1.02. The maximum absolute atomic E-state index is 11.4. The van der Waals surface area contributed by atoms with Gasteiger partial charge in [-0.3, -0.25) is 0 Å². The summed E-state index contributed by atoms with van der Waals surface area (Å²) in [5, 5.41) is 2.65. The molecule has 1 aromatic carbocycles. The van der Waals surface area contributed by atoms with E-state index < -0.39 is 6.09 Å². The largest absolute Gasteiger partial charge is 0.414 e. The lowest BCUT2D eigenvalue weighted by Crippen LogP contribution is -2.26. The van der Waals surface area contributed by atoms with E-state index in [1.165, 1.54) is 0 Å². The number of aromatic nitrogens is 1. The van der Waals surface area contributed by atoms with Crippen molar-refractivity contribution in [1.82, 2.24) is 10.3 Å². The van der Waals surface area contributed by atoms with Gasteiger partial charge in [-0.2, -0.15) is 0 Å². The van der Waals surface area contributed by atoms with Gasteiger partial charge in [-0.15, -0.1) is 0 Å². The normalized spacial score (nSPS) is 9.65. The van der Waals surface area contributed by atoms with Gasteiger partial charge in [0.1, 0.15) is 0 Å². The van der Waals surface area contributed by atoms with E-state index in [2.05, 4.69) is 10.3 Å². The highest BCUT2D eigenvalue weighted by Crippen LogP contribution is 2.03. The van der Waals surface area contributed by atoms with Crippen molar-refractivity contribution in [2.24, 2.45) is 0 Å². The van der Waals surface area contributed by atoms with Gasteiger partial charge in [-0.05, 0) is 11.6 Å². The first-order chi connectivity index (χ1) is 8.34. The standard InChI is InChI=1S/C13H12N2O2/c16-13(17-12-8-4-5-9-14-12)15-10-11-6-2-1-3-7-11/h1-9H,10H2,(H,15,16). The third-order valence-corrected chi connectivity index (χ3v) is 2.11. The van der Waals surface area contributed by atoms with Gasteiger partial charge < -0.3 is 10.1 Å². The van der Waals surface area contributed by atoms with E-state index in [-0.39, 0.29) is 5.88 Å². The van der Waals surface area contributed by atoms with Gasteiger partial charge in [0.15, 0.2) is 0 Å². The molecular formula is C13H12N2O2. The zero-order chi connectivity index (χ0) is 11.9. The summed E-state index contributed by atoms with van der Waals surface area (Å²) in [5.74, 6) is 0.290. The molecule has 0 bridgehead atoms. The van der Waals surface area contributed by atoms with Crippen molar-refractivity contribution in [2.75, 3.05) is 0 Å². The number of pyridine rings is 1. The Labute approximate surface area is 99.3 Å². The molecule has 0 fully saturated rings. The topological polar surface area (TPSA) is 51.2 Å². The van der Waals surface area contributed by atoms with Gasteiger partial charge in [0, 0.05) is 18.8 Å². The van der Waals surface area contributed by atoms with E-state index in [1.54, 1.807) is 24.4 Å². The highest BCUT2D eigenvalue weighted by Gasteiger charge is 2.03. The first-order valence-electron chi connectivity index (χ1n) is 5.25. The van der Waals surface area contributed by atoms with Crippen LogP contribution in [0.5, 0.6) is 5.88 Å². The smallest absolute Gasteiger partial charge is 0.391 e. The molecule has 0 saturated heterocycles. The zero-order valence-corrected chi connectivity index (χ0v) is 9.17. The molecule has 1 amide bonds. The Hall–Kier alpha value is -2.36. The Balaban J connectivity index is 1.83. The Kier molecular flexibility index (Phi) is 3.70. The monoisotopic (exact) mass is 228 g/mol. The molecule has 2 aromatic rings. The van der Waals surface area contributed by atoms with Crippen LogP contribution in [0.4, 0.5) is 4.79 Å². The molecule has 0 atom stereocenters. The van der Waals surface area contributed by atoms with Crippen molar-refractivity contribution in [3.63, 3.8) is 0 Å². The lowest BCUT2D eigenvalue weighted by atomic mass is 10.2. The summed E-state index contributed by atoms with van der Waals surface area (Å²) in [4.78, 5) is 15.3. The molecule has 86 valence electrons. The van der Waals surface area contributed by atoms with Crippen molar-refractivity contribution < 1.29 is 9.53 Å². The van der Waals surface area contributed by atoms with Gasteiger partial charge in [-0.1, -0.05) is 36.4 Å². The lowest BCUT2D eigenvalue weighted by Gasteiger charge is -2.05. The molecule has 0 saturated carbocycles. The van der Waals surface area contributed by atoms with E-state index in [1.807, 2.05) is 30.3 Å². The van der Waals surface area contributed by atoms with Gasteiger partial charge >= 0.3 is 6.09 Å². The summed E-state index contributed by atoms with van der Waals surface area (Å²) < 4.78 is 4.97. The summed E-state index contributed by atoms with van der Waals surface area (Å²) in [6.07, 6.45) is 1.06. The average Bonchev–Trinajstić information content (AvgIpc) is 2.39. The number of nitrogens with zero attached hydrogens (tertiary/aromatic N) is 1. The number of benzene rings is 1. The van der Waals surface area contributed by atoms with Crippen LogP contribution in [-0.2, 0) is 6.54 Å². The molecule has 4 heteroatoms. The first-order valence-corrected chi connectivity index (χ1v) is 5.25. The number of hydrogen-bond donors (Lipinski definition) is 1. The molecule has 0 spiro atoms. The van der Waals surface area contributed by atoms with Crippen LogP contribution < -0.4 is 10.1 Å². The SMILES string of the molecule is O=C(NCc1ccccc1)Oc1ccccn1. The second kappa shape index (κ2) is 5.65. The number of carbonyl (C=O) groups is 1. The molecule has 0 radical (unpaired) electrons. The fraction of sp³-hybridized carbons (Fsp3) is 0.0769. The first kappa shape index (κ1) is 11.1. The van der Waals surface area contributed by atoms with Gasteiger partial charge in [0.25, 0.3) is 0 Å². The number of nitrogens with one attached hydrogen (secondary N) is 1. The molecule has 0 aliphatic rings. The van der Waals surface area contributed by atoms with Crippen LogP contribution in [0.15, 0.2) is 54.7 Å². The van der Waals surface area contributed by atoms with E-state index in [9.17, 15) is 4.79 Å². The van der Waals surface area contributed by atoms with Crippen LogP contribution in [0.25, 0.3) is 0 Å². The second-order valence-corrected chi connectivity index (χ2v) is 3.40. The molecule has 1 heterocycles. The highest BCUT2D eigenvalue weighted by molar-refractivity contribution is 5.69. The molecule has 0 aliphatic heterocycles. The van der Waals surface area contributed by atoms with Crippen LogP contribution in [0.2, 0.25) is 0 Å². The predicted octanol–water partition coefficient (Wildman–Crippen LogP) is 2.37. The lowest BCUT2D eigenvalue weighted by molar-refractivity contribution is 0.198. The summed E-state index contributed by atoms with van der Waals surface area (Å²) in [7, 11) is 0. The maximum Gasteiger partial charge on any atom is 0.414 e. The highest BCUT2D eigenvalue weighted by atomic mass is 16.6. The van der Waals surface area contributed by atoms with Crippen molar-refractivity contribution in [3.05, 3.63) is 60.3 Å². The minimum Gasteiger partial charge on any atom is -0.391 e. The number of rotatable bonds is 3. The molecule has 2 rings (SSSR count). The van der Waals surface area contributed by atoms with Crippen LogP contribution in [0, 0.1) is 0 Å². The molecule has 0 unspecified atom stereocenters. The van der Waals surface area contributed by atoms with Crippen molar-refractivity contribution >= 4 is 6.09 Å². The van der Waals surface area contributed by atoms with Crippen molar-refractivity contribution in [2.45, 2.75) is 6.54 Å². The Morgan fingerprint density at radius 2 is 1.88 bits per heavy atom. The van der Waals surface area contributed by atoms with E-state index in [0.717, 1.165) is 5.56 Å². The van der Waals surface area contributed by atoms with Crippen LogP contribution >= 0.6 is 0 Å². The third-order valence-electron chi connectivity index (χ3n) is 2.11. The summed E-state index contributed by atoms with van der Waals surface area (Å²) >= 11 is 0. The predicted molar refractivity (Wildman–Crippen MR) is 63.5 cm³/mol. The quantitative estimate of drug-likeness (QED) is 0.877.